The van der Waals surface area contributed by atoms with E-state index >= 15 is 0 Å². The van der Waals surface area contributed by atoms with Crippen LogP contribution < -0.4 is 0 Å². The van der Waals surface area contributed by atoms with Crippen LogP contribution in [0.1, 0.15) is 20.3 Å². The van der Waals surface area contributed by atoms with Crippen molar-refractivity contribution in [1.82, 2.24) is 4.90 Å². The number of likely N-dealkylation sites (tertiary alicyclic amines) is 1. The average molecular weight is 181 g/mol. The van der Waals surface area contributed by atoms with Crippen LogP contribution in [0.4, 0.5) is 0 Å². The summed E-state index contributed by atoms with van der Waals surface area (Å²) in [6.45, 7) is 7.80. The van der Waals surface area contributed by atoms with Gasteiger partial charge in [0, 0.05) is 18.9 Å². The Labute approximate surface area is 78.4 Å². The minimum absolute atomic E-state index is 0.0418. The Balaban J connectivity index is 2.75. The zero-order chi connectivity index (χ0) is 10.0. The van der Waals surface area contributed by atoms with Gasteiger partial charge in [-0.1, -0.05) is 19.9 Å². The Morgan fingerprint density at radius 3 is 2.62 bits per heavy atom. The summed E-state index contributed by atoms with van der Waals surface area (Å²) in [5.41, 5.74) is 0. The SMILES string of the molecule is C=CCN1C(=O)CC(C(C)C)C1=O. The quantitative estimate of drug-likeness (QED) is 0.484. The van der Waals surface area contributed by atoms with Gasteiger partial charge in [0.25, 0.3) is 0 Å². The van der Waals surface area contributed by atoms with E-state index in [2.05, 4.69) is 6.58 Å². The molecule has 13 heavy (non-hydrogen) atoms. The molecule has 0 N–H and O–H groups in total. The molecule has 0 bridgehead atoms. The predicted molar refractivity (Wildman–Crippen MR) is 49.9 cm³/mol. The largest absolute Gasteiger partial charge is 0.278 e. The predicted octanol–water partition coefficient (Wildman–Crippen LogP) is 1.20. The number of carbonyl (C=O) groups excluding carboxylic acids is 2. The molecule has 0 aliphatic carbocycles. The van der Waals surface area contributed by atoms with Crippen molar-refractivity contribution in [2.75, 3.05) is 6.54 Å². The number of hydrogen-bond donors (Lipinski definition) is 0. The van der Waals surface area contributed by atoms with Gasteiger partial charge >= 0.3 is 0 Å². The van der Waals surface area contributed by atoms with Crippen LogP contribution in [0.3, 0.4) is 0 Å². The molecule has 3 heteroatoms. The van der Waals surface area contributed by atoms with E-state index in [1.54, 1.807) is 6.08 Å². The van der Waals surface area contributed by atoms with E-state index in [9.17, 15) is 9.59 Å². The van der Waals surface area contributed by atoms with Crippen molar-refractivity contribution in [1.29, 1.82) is 0 Å². The maximum Gasteiger partial charge on any atom is 0.233 e. The molecule has 1 fully saturated rings. The molecular formula is C10H15NO2. The summed E-state index contributed by atoms with van der Waals surface area (Å²) in [5.74, 6) is 0.0159. The number of imide groups is 1. The Morgan fingerprint density at radius 2 is 2.23 bits per heavy atom. The van der Waals surface area contributed by atoms with E-state index in [4.69, 9.17) is 0 Å². The molecular weight excluding hydrogens is 166 g/mol. The van der Waals surface area contributed by atoms with Gasteiger partial charge in [-0.3, -0.25) is 14.5 Å². The second-order valence-electron chi connectivity index (χ2n) is 3.69. The van der Waals surface area contributed by atoms with Crippen LogP contribution in [-0.4, -0.2) is 23.3 Å². The molecule has 1 saturated heterocycles. The minimum Gasteiger partial charge on any atom is -0.278 e. The van der Waals surface area contributed by atoms with Crippen molar-refractivity contribution in [2.45, 2.75) is 20.3 Å². The molecule has 0 aromatic heterocycles. The molecule has 0 aromatic carbocycles. The molecule has 2 amide bonds. The van der Waals surface area contributed by atoms with Crippen LogP contribution in [-0.2, 0) is 9.59 Å². The van der Waals surface area contributed by atoms with Crippen LogP contribution >= 0.6 is 0 Å². The zero-order valence-corrected chi connectivity index (χ0v) is 8.12. The number of amides is 2. The molecule has 1 unspecified atom stereocenters. The second kappa shape index (κ2) is 3.73. The van der Waals surface area contributed by atoms with Gasteiger partial charge in [0.15, 0.2) is 0 Å². The van der Waals surface area contributed by atoms with Crippen LogP contribution in [0, 0.1) is 11.8 Å². The Hall–Kier alpha value is -1.12. The van der Waals surface area contributed by atoms with E-state index in [0.717, 1.165) is 0 Å². The second-order valence-corrected chi connectivity index (χ2v) is 3.69. The Bertz CT molecular complexity index is 245. The highest BCUT2D eigenvalue weighted by atomic mass is 16.2. The van der Waals surface area contributed by atoms with E-state index in [-0.39, 0.29) is 23.7 Å². The van der Waals surface area contributed by atoms with Crippen molar-refractivity contribution >= 4 is 11.8 Å². The molecule has 0 spiro atoms. The topological polar surface area (TPSA) is 37.4 Å². The molecule has 1 atom stereocenters. The number of carbonyl (C=O) groups is 2. The number of hydrogen-bond acceptors (Lipinski definition) is 2. The lowest BCUT2D eigenvalue weighted by atomic mass is 9.94. The molecule has 0 saturated carbocycles. The first-order chi connectivity index (χ1) is 6.07. The van der Waals surface area contributed by atoms with Crippen LogP contribution in [0.25, 0.3) is 0 Å². The molecule has 0 radical (unpaired) electrons. The van der Waals surface area contributed by atoms with Crippen molar-refractivity contribution in [2.24, 2.45) is 11.8 Å². The summed E-state index contributed by atoms with van der Waals surface area (Å²) in [4.78, 5) is 24.2. The third-order valence-corrected chi connectivity index (χ3v) is 2.40. The van der Waals surface area contributed by atoms with Gasteiger partial charge in [0.05, 0.1) is 0 Å². The van der Waals surface area contributed by atoms with Gasteiger partial charge < -0.3 is 0 Å². The first-order valence-electron chi connectivity index (χ1n) is 4.53. The van der Waals surface area contributed by atoms with E-state index in [0.29, 0.717) is 13.0 Å². The van der Waals surface area contributed by atoms with Crippen molar-refractivity contribution in [3.8, 4) is 0 Å². The summed E-state index contributed by atoms with van der Waals surface area (Å²) >= 11 is 0. The van der Waals surface area contributed by atoms with Crippen molar-refractivity contribution in [3.63, 3.8) is 0 Å². The fourth-order valence-corrected chi connectivity index (χ4v) is 1.55. The monoisotopic (exact) mass is 181 g/mol. The number of rotatable bonds is 3. The highest BCUT2D eigenvalue weighted by Crippen LogP contribution is 2.25. The molecule has 1 aliphatic heterocycles. The van der Waals surface area contributed by atoms with Crippen LogP contribution in [0.2, 0.25) is 0 Å². The van der Waals surface area contributed by atoms with E-state index in [1.807, 2.05) is 13.8 Å². The van der Waals surface area contributed by atoms with Crippen LogP contribution in [0.15, 0.2) is 12.7 Å². The highest BCUT2D eigenvalue weighted by Gasteiger charge is 2.39. The maximum atomic E-state index is 11.6. The first kappa shape index (κ1) is 9.96. The molecule has 0 aromatic rings. The van der Waals surface area contributed by atoms with Crippen molar-refractivity contribution < 1.29 is 9.59 Å². The molecule has 72 valence electrons. The highest BCUT2D eigenvalue weighted by molar-refractivity contribution is 6.03. The molecule has 1 aliphatic rings. The normalized spacial score (nSPS) is 23.0. The van der Waals surface area contributed by atoms with Gasteiger partial charge in [-0.2, -0.15) is 0 Å². The Kier molecular flexibility index (Phi) is 2.86. The summed E-state index contributed by atoms with van der Waals surface area (Å²) in [7, 11) is 0. The van der Waals surface area contributed by atoms with Gasteiger partial charge in [0.2, 0.25) is 11.8 Å². The van der Waals surface area contributed by atoms with Crippen LogP contribution in [0.5, 0.6) is 0 Å². The minimum atomic E-state index is -0.118. The summed E-state index contributed by atoms with van der Waals surface area (Å²) in [6, 6.07) is 0. The van der Waals surface area contributed by atoms with E-state index < -0.39 is 0 Å². The Morgan fingerprint density at radius 1 is 1.62 bits per heavy atom. The fraction of sp³-hybridized carbons (Fsp3) is 0.600. The number of nitrogens with zero attached hydrogens (tertiary/aromatic N) is 1. The van der Waals surface area contributed by atoms with Gasteiger partial charge in [-0.25, -0.2) is 0 Å². The summed E-state index contributed by atoms with van der Waals surface area (Å²) < 4.78 is 0. The molecule has 3 nitrogen and oxygen atoms in total. The van der Waals surface area contributed by atoms with Crippen molar-refractivity contribution in [3.05, 3.63) is 12.7 Å². The van der Waals surface area contributed by atoms with E-state index in [1.165, 1.54) is 4.90 Å². The average Bonchev–Trinajstić information content (AvgIpc) is 2.32. The standard InChI is InChI=1S/C10H15NO2/c1-4-5-11-9(12)6-8(7(2)3)10(11)13/h4,7-8H,1,5-6H2,2-3H3. The third-order valence-electron chi connectivity index (χ3n) is 2.40. The lowest BCUT2D eigenvalue weighted by Crippen LogP contribution is -2.31. The molecule has 1 heterocycles. The van der Waals surface area contributed by atoms with Gasteiger partial charge in [-0.15, -0.1) is 6.58 Å². The fourth-order valence-electron chi connectivity index (χ4n) is 1.55. The summed E-state index contributed by atoms with van der Waals surface area (Å²) in [6.07, 6.45) is 1.95. The smallest absolute Gasteiger partial charge is 0.233 e. The first-order valence-corrected chi connectivity index (χ1v) is 4.53. The lowest BCUT2D eigenvalue weighted by molar-refractivity contribution is -0.139. The van der Waals surface area contributed by atoms with Gasteiger partial charge in [0.1, 0.15) is 0 Å². The zero-order valence-electron chi connectivity index (χ0n) is 8.12. The summed E-state index contributed by atoms with van der Waals surface area (Å²) in [5, 5.41) is 0. The molecule has 1 rings (SSSR count). The third kappa shape index (κ3) is 1.79. The van der Waals surface area contributed by atoms with Gasteiger partial charge in [-0.05, 0) is 5.92 Å². The lowest BCUT2D eigenvalue weighted by Gasteiger charge is -2.13. The maximum absolute atomic E-state index is 11.6.